The molecule has 0 saturated carbocycles. The van der Waals surface area contributed by atoms with E-state index in [9.17, 15) is 18.0 Å². The van der Waals surface area contributed by atoms with Gasteiger partial charge in [-0.25, -0.2) is 8.42 Å². The first-order chi connectivity index (χ1) is 19.6. The highest BCUT2D eigenvalue weighted by atomic mass is 35.5. The van der Waals surface area contributed by atoms with E-state index in [4.69, 9.17) is 27.9 Å². The summed E-state index contributed by atoms with van der Waals surface area (Å²) < 4.78 is 34.4. The van der Waals surface area contributed by atoms with E-state index >= 15 is 0 Å². The zero-order valence-electron chi connectivity index (χ0n) is 23.3. The molecular weight excluding hydrogens is 585 g/mol. The van der Waals surface area contributed by atoms with Gasteiger partial charge in [-0.3, -0.25) is 13.9 Å². The third-order valence-corrected chi connectivity index (χ3v) is 9.05. The van der Waals surface area contributed by atoms with Crippen LogP contribution < -0.4 is 14.4 Å². The topological polar surface area (TPSA) is 96.0 Å². The monoisotopic (exact) mass is 619 g/mol. The van der Waals surface area contributed by atoms with E-state index in [-0.39, 0.29) is 35.2 Å². The van der Waals surface area contributed by atoms with Crippen LogP contribution in [-0.4, -0.2) is 51.4 Å². The van der Waals surface area contributed by atoms with Crippen LogP contribution in [0.15, 0.2) is 77.7 Å². The zero-order chi connectivity index (χ0) is 30.0. The van der Waals surface area contributed by atoms with Gasteiger partial charge in [-0.2, -0.15) is 0 Å². The van der Waals surface area contributed by atoms with Crippen molar-refractivity contribution in [2.75, 3.05) is 24.5 Å². The van der Waals surface area contributed by atoms with Gasteiger partial charge in [0.2, 0.25) is 11.8 Å². The molecule has 0 radical (unpaired) electrons. The highest BCUT2D eigenvalue weighted by Crippen LogP contribution is 2.33. The zero-order valence-corrected chi connectivity index (χ0v) is 25.7. The Morgan fingerprint density at radius 1 is 0.927 bits per heavy atom. The summed E-state index contributed by atoms with van der Waals surface area (Å²) in [6.07, 6.45) is 1.95. The average molecular weight is 621 g/mol. The molecule has 0 heterocycles. The minimum Gasteiger partial charge on any atom is -0.495 e. The molecule has 1 N–H and O–H groups in total. The molecular formula is C30H35Cl2N3O5S. The first kappa shape index (κ1) is 32.2. The fraction of sp³-hybridized carbons (Fsp3) is 0.333. The van der Waals surface area contributed by atoms with Crippen molar-refractivity contribution in [3.05, 3.63) is 88.4 Å². The van der Waals surface area contributed by atoms with Crippen LogP contribution in [-0.2, 0) is 26.2 Å². The van der Waals surface area contributed by atoms with Gasteiger partial charge in [0, 0.05) is 28.7 Å². The predicted molar refractivity (Wildman–Crippen MR) is 163 cm³/mol. The molecule has 41 heavy (non-hydrogen) atoms. The Bertz CT molecular complexity index is 1420. The number of methoxy groups -OCH3 is 1. The molecule has 0 saturated heterocycles. The van der Waals surface area contributed by atoms with Crippen LogP contribution in [0.1, 0.15) is 38.7 Å². The smallest absolute Gasteiger partial charge is 0.264 e. The third-order valence-electron chi connectivity index (χ3n) is 6.57. The number of sulfonamides is 1. The van der Waals surface area contributed by atoms with Gasteiger partial charge in [-0.15, -0.1) is 0 Å². The van der Waals surface area contributed by atoms with Gasteiger partial charge in [0.25, 0.3) is 10.0 Å². The second-order valence-electron chi connectivity index (χ2n) is 9.29. The number of nitrogens with zero attached hydrogens (tertiary/aromatic N) is 2. The van der Waals surface area contributed by atoms with Crippen molar-refractivity contribution < 1.29 is 22.7 Å². The van der Waals surface area contributed by atoms with Crippen molar-refractivity contribution in [3.8, 4) is 5.75 Å². The average Bonchev–Trinajstić information content (AvgIpc) is 2.97. The minimum absolute atomic E-state index is 0.00348. The van der Waals surface area contributed by atoms with E-state index in [1.165, 1.54) is 24.1 Å². The standard InChI is InChI=1S/C30H35Cl2N3O5S/c1-4-6-19-33-30(37)26(5-2)34(20-23-24(31)15-12-16-25(23)32)29(36)21-35(27-17-10-11-18-28(27)40-3)41(38,39)22-13-8-7-9-14-22/h7-18,26H,4-6,19-21H2,1-3H3,(H,33,37). The number of unbranched alkanes of at least 4 members (excludes halogenated alkanes) is 1. The van der Waals surface area contributed by atoms with E-state index in [0.29, 0.717) is 22.2 Å². The first-order valence-corrected chi connectivity index (χ1v) is 15.6. The van der Waals surface area contributed by atoms with Crippen molar-refractivity contribution >= 4 is 50.7 Å². The number of hydrogen-bond donors (Lipinski definition) is 1. The predicted octanol–water partition coefficient (Wildman–Crippen LogP) is 5.92. The fourth-order valence-electron chi connectivity index (χ4n) is 4.35. The van der Waals surface area contributed by atoms with Crippen molar-refractivity contribution in [3.63, 3.8) is 0 Å². The van der Waals surface area contributed by atoms with E-state index in [1.807, 2.05) is 6.92 Å². The number of nitrogens with one attached hydrogen (secondary N) is 1. The summed E-state index contributed by atoms with van der Waals surface area (Å²) in [5, 5.41) is 3.55. The Balaban J connectivity index is 2.10. The Morgan fingerprint density at radius 2 is 1.56 bits per heavy atom. The molecule has 11 heteroatoms. The number of carbonyl (C=O) groups excluding carboxylic acids is 2. The van der Waals surface area contributed by atoms with Crippen LogP contribution in [0.2, 0.25) is 10.0 Å². The van der Waals surface area contributed by atoms with Crippen molar-refractivity contribution in [2.24, 2.45) is 0 Å². The summed E-state index contributed by atoms with van der Waals surface area (Å²) in [6.45, 7) is 3.56. The Hall–Kier alpha value is -3.27. The van der Waals surface area contributed by atoms with Crippen LogP contribution in [0.5, 0.6) is 5.75 Å². The number of anilines is 1. The van der Waals surface area contributed by atoms with Gasteiger partial charge in [-0.05, 0) is 49.2 Å². The summed E-state index contributed by atoms with van der Waals surface area (Å²) in [5.74, 6) is -0.680. The number of carbonyl (C=O) groups is 2. The Kier molecular flexibility index (Phi) is 11.9. The van der Waals surface area contributed by atoms with E-state index in [1.54, 1.807) is 67.6 Å². The molecule has 0 aromatic heterocycles. The molecule has 8 nitrogen and oxygen atoms in total. The maximum atomic E-state index is 14.2. The molecule has 0 bridgehead atoms. The maximum Gasteiger partial charge on any atom is 0.264 e. The fourth-order valence-corrected chi connectivity index (χ4v) is 6.31. The molecule has 0 aliphatic carbocycles. The second-order valence-corrected chi connectivity index (χ2v) is 12.0. The van der Waals surface area contributed by atoms with E-state index < -0.39 is 28.5 Å². The largest absolute Gasteiger partial charge is 0.495 e. The molecule has 3 aromatic rings. The number of amides is 2. The number of hydrogen-bond acceptors (Lipinski definition) is 5. The van der Waals surface area contributed by atoms with Gasteiger partial charge >= 0.3 is 0 Å². The van der Waals surface area contributed by atoms with Gasteiger partial charge in [-0.1, -0.05) is 79.9 Å². The molecule has 0 spiro atoms. The highest BCUT2D eigenvalue weighted by Gasteiger charge is 2.35. The van der Waals surface area contributed by atoms with Crippen LogP contribution in [0.4, 0.5) is 5.69 Å². The van der Waals surface area contributed by atoms with Gasteiger partial charge in [0.1, 0.15) is 18.3 Å². The lowest BCUT2D eigenvalue weighted by molar-refractivity contribution is -0.140. The molecule has 0 aliphatic rings. The molecule has 2 amide bonds. The van der Waals surface area contributed by atoms with Gasteiger partial charge < -0.3 is 15.0 Å². The van der Waals surface area contributed by atoms with Crippen molar-refractivity contribution in [1.82, 2.24) is 10.2 Å². The number of halogens is 2. The molecule has 1 atom stereocenters. The van der Waals surface area contributed by atoms with E-state index in [0.717, 1.165) is 17.1 Å². The van der Waals surface area contributed by atoms with Crippen molar-refractivity contribution in [2.45, 2.75) is 50.6 Å². The summed E-state index contributed by atoms with van der Waals surface area (Å²) in [5.41, 5.74) is 0.641. The quantitative estimate of drug-likeness (QED) is 0.226. The first-order valence-electron chi connectivity index (χ1n) is 13.4. The van der Waals surface area contributed by atoms with Crippen LogP contribution in [0.3, 0.4) is 0 Å². The summed E-state index contributed by atoms with van der Waals surface area (Å²) in [4.78, 5) is 28.8. The lowest BCUT2D eigenvalue weighted by Gasteiger charge is -2.33. The lowest BCUT2D eigenvalue weighted by Crippen LogP contribution is -2.52. The van der Waals surface area contributed by atoms with Gasteiger partial charge in [0.15, 0.2) is 0 Å². The summed E-state index contributed by atoms with van der Waals surface area (Å²) >= 11 is 12.9. The molecule has 220 valence electrons. The SMILES string of the molecule is CCCCNC(=O)C(CC)N(Cc1c(Cl)cccc1Cl)C(=O)CN(c1ccccc1OC)S(=O)(=O)c1ccccc1. The van der Waals surface area contributed by atoms with E-state index in [2.05, 4.69) is 5.32 Å². The number of benzene rings is 3. The normalized spacial score (nSPS) is 11.9. The van der Waals surface area contributed by atoms with Gasteiger partial charge in [0.05, 0.1) is 17.7 Å². The molecule has 0 aliphatic heterocycles. The van der Waals surface area contributed by atoms with Crippen LogP contribution in [0.25, 0.3) is 0 Å². The van der Waals surface area contributed by atoms with Crippen LogP contribution >= 0.6 is 23.2 Å². The third kappa shape index (κ3) is 7.93. The van der Waals surface area contributed by atoms with Crippen molar-refractivity contribution in [1.29, 1.82) is 0 Å². The highest BCUT2D eigenvalue weighted by molar-refractivity contribution is 7.92. The Labute approximate surface area is 252 Å². The summed E-state index contributed by atoms with van der Waals surface area (Å²) in [7, 11) is -2.80. The van der Waals surface area contributed by atoms with Crippen LogP contribution in [0, 0.1) is 0 Å². The maximum absolute atomic E-state index is 14.2. The molecule has 1 unspecified atom stereocenters. The number of rotatable bonds is 14. The molecule has 3 rings (SSSR count). The minimum atomic E-state index is -4.22. The second kappa shape index (κ2) is 15.1. The molecule has 0 fully saturated rings. The Morgan fingerprint density at radius 3 is 2.17 bits per heavy atom. The number of para-hydroxylation sites is 2. The summed E-state index contributed by atoms with van der Waals surface area (Å²) in [6, 6.07) is 18.5. The lowest BCUT2D eigenvalue weighted by atomic mass is 10.1. The number of ether oxygens (including phenoxy) is 1. The molecule has 3 aromatic carbocycles.